The highest BCUT2D eigenvalue weighted by atomic mass is 32.1. The molecule has 2 aliphatic rings. The second-order valence-electron chi connectivity index (χ2n) is 6.07. The second kappa shape index (κ2) is 5.97. The average molecular weight is 317 g/mol. The van der Waals surface area contributed by atoms with Crippen LogP contribution >= 0.6 is 11.3 Å². The molecule has 1 saturated heterocycles. The van der Waals surface area contributed by atoms with Crippen LogP contribution in [0.25, 0.3) is 0 Å². The summed E-state index contributed by atoms with van der Waals surface area (Å²) in [7, 11) is 0. The van der Waals surface area contributed by atoms with Crippen molar-refractivity contribution in [3.63, 3.8) is 0 Å². The molecule has 1 aliphatic heterocycles. The fourth-order valence-electron chi connectivity index (χ4n) is 3.32. The van der Waals surface area contributed by atoms with Crippen LogP contribution in [-0.2, 0) is 19.4 Å². The third kappa shape index (κ3) is 2.88. The summed E-state index contributed by atoms with van der Waals surface area (Å²) < 4.78 is 13.0. The molecule has 116 valence electrons. The minimum Gasteiger partial charge on any atom is -0.369 e. The van der Waals surface area contributed by atoms with E-state index in [0.29, 0.717) is 0 Å². The maximum absolute atomic E-state index is 13.0. The molecule has 1 aromatic carbocycles. The number of piperazine rings is 1. The molecule has 0 bridgehead atoms. The van der Waals surface area contributed by atoms with Crippen LogP contribution in [0, 0.1) is 5.82 Å². The van der Waals surface area contributed by atoms with E-state index in [1.54, 1.807) is 12.1 Å². The topological polar surface area (TPSA) is 19.4 Å². The van der Waals surface area contributed by atoms with Crippen LogP contribution in [0.5, 0.6) is 0 Å². The van der Waals surface area contributed by atoms with E-state index in [9.17, 15) is 4.39 Å². The Balaban J connectivity index is 1.34. The van der Waals surface area contributed by atoms with Crippen molar-refractivity contribution in [1.82, 2.24) is 9.88 Å². The Bertz CT molecular complexity index is 623. The Labute approximate surface area is 134 Å². The molecule has 22 heavy (non-hydrogen) atoms. The monoisotopic (exact) mass is 317 g/mol. The van der Waals surface area contributed by atoms with Gasteiger partial charge in [-0.3, -0.25) is 4.90 Å². The Morgan fingerprint density at radius 2 is 1.82 bits per heavy atom. The van der Waals surface area contributed by atoms with E-state index in [1.165, 1.54) is 34.8 Å². The SMILES string of the molecule is Fc1ccc(N2CCN(Cc3nc4c(s3)CCC4)CC2)cc1. The molecule has 0 N–H and O–H groups in total. The van der Waals surface area contributed by atoms with E-state index in [-0.39, 0.29) is 5.82 Å². The Kier molecular flexibility index (Phi) is 3.84. The van der Waals surface area contributed by atoms with Gasteiger partial charge in [-0.2, -0.15) is 0 Å². The highest BCUT2D eigenvalue weighted by molar-refractivity contribution is 7.11. The molecule has 1 aromatic heterocycles. The number of anilines is 1. The summed E-state index contributed by atoms with van der Waals surface area (Å²) in [6.07, 6.45) is 3.68. The van der Waals surface area contributed by atoms with Crippen molar-refractivity contribution < 1.29 is 4.39 Å². The molecular weight excluding hydrogens is 297 g/mol. The number of halogens is 1. The molecule has 0 radical (unpaired) electrons. The summed E-state index contributed by atoms with van der Waals surface area (Å²) in [5.74, 6) is -0.167. The van der Waals surface area contributed by atoms with E-state index in [1.807, 2.05) is 23.5 Å². The minimum atomic E-state index is -0.167. The lowest BCUT2D eigenvalue weighted by atomic mass is 10.2. The molecule has 2 aromatic rings. The fourth-order valence-corrected chi connectivity index (χ4v) is 4.52. The summed E-state index contributed by atoms with van der Waals surface area (Å²) in [6.45, 7) is 5.06. The molecule has 0 saturated carbocycles. The minimum absolute atomic E-state index is 0.167. The lowest BCUT2D eigenvalue weighted by Gasteiger charge is -2.35. The number of aryl methyl sites for hydroxylation is 2. The van der Waals surface area contributed by atoms with Crippen LogP contribution in [0.1, 0.15) is 22.0 Å². The fraction of sp³-hybridized carbons (Fsp3) is 0.471. The van der Waals surface area contributed by atoms with Gasteiger partial charge in [-0.05, 0) is 43.5 Å². The predicted octanol–water partition coefficient (Wildman–Crippen LogP) is 3.09. The maximum atomic E-state index is 13.0. The quantitative estimate of drug-likeness (QED) is 0.867. The molecule has 1 fully saturated rings. The van der Waals surface area contributed by atoms with Crippen molar-refractivity contribution >= 4 is 17.0 Å². The molecular formula is C17H20FN3S. The van der Waals surface area contributed by atoms with Crippen molar-refractivity contribution in [3.8, 4) is 0 Å². The highest BCUT2D eigenvalue weighted by Gasteiger charge is 2.21. The van der Waals surface area contributed by atoms with Gasteiger partial charge in [0.1, 0.15) is 10.8 Å². The zero-order chi connectivity index (χ0) is 14.9. The smallest absolute Gasteiger partial charge is 0.123 e. The second-order valence-corrected chi connectivity index (χ2v) is 7.24. The van der Waals surface area contributed by atoms with Crippen molar-refractivity contribution in [2.45, 2.75) is 25.8 Å². The van der Waals surface area contributed by atoms with Gasteiger partial charge < -0.3 is 4.90 Å². The van der Waals surface area contributed by atoms with Crippen LogP contribution in [0.4, 0.5) is 10.1 Å². The first-order valence-corrected chi connectivity index (χ1v) is 8.80. The van der Waals surface area contributed by atoms with Gasteiger partial charge in [0.25, 0.3) is 0 Å². The summed E-state index contributed by atoms with van der Waals surface area (Å²) >= 11 is 1.91. The Morgan fingerprint density at radius 3 is 2.55 bits per heavy atom. The van der Waals surface area contributed by atoms with Crippen LogP contribution in [-0.4, -0.2) is 36.1 Å². The van der Waals surface area contributed by atoms with Gasteiger partial charge in [-0.25, -0.2) is 9.37 Å². The molecule has 0 atom stereocenters. The van der Waals surface area contributed by atoms with Gasteiger partial charge in [0, 0.05) is 36.7 Å². The number of fused-ring (bicyclic) bond motifs is 1. The largest absolute Gasteiger partial charge is 0.369 e. The van der Waals surface area contributed by atoms with E-state index in [4.69, 9.17) is 4.98 Å². The van der Waals surface area contributed by atoms with Crippen LogP contribution < -0.4 is 4.90 Å². The molecule has 4 rings (SSSR count). The lowest BCUT2D eigenvalue weighted by Crippen LogP contribution is -2.45. The Morgan fingerprint density at radius 1 is 1.05 bits per heavy atom. The number of rotatable bonds is 3. The van der Waals surface area contributed by atoms with Gasteiger partial charge in [0.05, 0.1) is 12.2 Å². The molecule has 0 spiro atoms. The maximum Gasteiger partial charge on any atom is 0.123 e. The molecule has 3 nitrogen and oxygen atoms in total. The van der Waals surface area contributed by atoms with Gasteiger partial charge in [-0.15, -0.1) is 11.3 Å². The van der Waals surface area contributed by atoms with Gasteiger partial charge in [0.15, 0.2) is 0 Å². The lowest BCUT2D eigenvalue weighted by molar-refractivity contribution is 0.249. The van der Waals surface area contributed by atoms with Gasteiger partial charge in [-0.1, -0.05) is 0 Å². The first-order valence-electron chi connectivity index (χ1n) is 7.98. The average Bonchev–Trinajstić information content (AvgIpc) is 3.10. The summed E-state index contributed by atoms with van der Waals surface area (Å²) in [5.41, 5.74) is 2.47. The normalized spacial score (nSPS) is 18.7. The third-order valence-electron chi connectivity index (χ3n) is 4.56. The number of benzene rings is 1. The van der Waals surface area contributed by atoms with Crippen LogP contribution in [0.2, 0.25) is 0 Å². The summed E-state index contributed by atoms with van der Waals surface area (Å²) in [4.78, 5) is 11.1. The first kappa shape index (κ1) is 14.2. The van der Waals surface area contributed by atoms with Crippen molar-refractivity contribution in [2.24, 2.45) is 0 Å². The zero-order valence-corrected chi connectivity index (χ0v) is 13.4. The molecule has 5 heteroatoms. The summed E-state index contributed by atoms with van der Waals surface area (Å²) in [6, 6.07) is 6.82. The van der Waals surface area contributed by atoms with Crippen molar-refractivity contribution in [3.05, 3.63) is 45.7 Å². The molecule has 0 amide bonds. The first-order chi connectivity index (χ1) is 10.8. The molecule has 2 heterocycles. The number of hydrogen-bond donors (Lipinski definition) is 0. The highest BCUT2D eigenvalue weighted by Crippen LogP contribution is 2.28. The Hall–Kier alpha value is -1.46. The van der Waals surface area contributed by atoms with E-state index in [0.717, 1.165) is 38.4 Å². The summed E-state index contributed by atoms with van der Waals surface area (Å²) in [5, 5.41) is 1.28. The number of aromatic nitrogens is 1. The molecule has 1 aliphatic carbocycles. The number of thiazole rings is 1. The van der Waals surface area contributed by atoms with Crippen molar-refractivity contribution in [2.75, 3.05) is 31.1 Å². The van der Waals surface area contributed by atoms with Crippen LogP contribution in [0.15, 0.2) is 24.3 Å². The van der Waals surface area contributed by atoms with Crippen LogP contribution in [0.3, 0.4) is 0 Å². The predicted molar refractivity (Wildman–Crippen MR) is 88.0 cm³/mol. The van der Waals surface area contributed by atoms with E-state index >= 15 is 0 Å². The zero-order valence-electron chi connectivity index (χ0n) is 12.6. The third-order valence-corrected chi connectivity index (χ3v) is 5.71. The molecule has 0 unspecified atom stereocenters. The van der Waals surface area contributed by atoms with Crippen molar-refractivity contribution in [1.29, 1.82) is 0 Å². The van der Waals surface area contributed by atoms with E-state index in [2.05, 4.69) is 9.80 Å². The number of hydrogen-bond acceptors (Lipinski definition) is 4. The van der Waals surface area contributed by atoms with Gasteiger partial charge >= 0.3 is 0 Å². The van der Waals surface area contributed by atoms with E-state index < -0.39 is 0 Å². The number of nitrogens with zero attached hydrogens (tertiary/aromatic N) is 3. The standard InChI is InChI=1S/C17H20FN3S/c18-13-4-6-14(7-5-13)21-10-8-20(9-11-21)12-17-19-15-2-1-3-16(15)22-17/h4-7H,1-3,8-12H2. The van der Waals surface area contributed by atoms with Gasteiger partial charge in [0.2, 0.25) is 0 Å².